The number of ether oxygens (including phenoxy) is 2. The van der Waals surface area contributed by atoms with Crippen LogP contribution in [-0.4, -0.2) is 42.7 Å². The van der Waals surface area contributed by atoms with E-state index in [9.17, 15) is 18.0 Å². The molecule has 2 aromatic rings. The molecule has 0 spiro atoms. The molecule has 0 saturated carbocycles. The van der Waals surface area contributed by atoms with Crippen molar-refractivity contribution >= 4 is 17.5 Å². The number of hydrogen-bond donors (Lipinski definition) is 1. The molecule has 0 unspecified atom stereocenters. The van der Waals surface area contributed by atoms with Crippen molar-refractivity contribution < 1.29 is 27.4 Å². The standard InChI is InChI=1S/C21H22ClF3N2O3/c22-17-2-1-3-18(10-17)29-14-20(11-19(26)28)13-27(8-9-30-20)12-15-4-6-16(7-5-15)21(23,24)25/h1-7,10H,8-9,11-14H2,(H2,26,28)/t20-/m1/s1. The van der Waals surface area contributed by atoms with Gasteiger partial charge in [0.25, 0.3) is 0 Å². The Bertz CT molecular complexity index is 877. The fraction of sp³-hybridized carbons (Fsp3) is 0.381. The van der Waals surface area contributed by atoms with E-state index in [2.05, 4.69) is 0 Å². The molecule has 1 fully saturated rings. The smallest absolute Gasteiger partial charge is 0.416 e. The summed E-state index contributed by atoms with van der Waals surface area (Å²) in [5.74, 6) is 0.0101. The van der Waals surface area contributed by atoms with Gasteiger partial charge in [-0.2, -0.15) is 13.2 Å². The average Bonchev–Trinajstić information content (AvgIpc) is 2.66. The molecule has 1 aliphatic heterocycles. The summed E-state index contributed by atoms with van der Waals surface area (Å²) < 4.78 is 50.0. The summed E-state index contributed by atoms with van der Waals surface area (Å²) in [5.41, 5.74) is 4.52. The molecule has 1 amide bonds. The SMILES string of the molecule is NC(=O)C[C@]1(COc2cccc(Cl)c2)CN(Cc2ccc(C(F)(F)F)cc2)CCO1. The number of nitrogens with zero attached hydrogens (tertiary/aromatic N) is 1. The van der Waals surface area contributed by atoms with Gasteiger partial charge in [0.05, 0.1) is 18.6 Å². The van der Waals surface area contributed by atoms with E-state index in [4.69, 9.17) is 26.8 Å². The quantitative estimate of drug-likeness (QED) is 0.706. The minimum Gasteiger partial charge on any atom is -0.490 e. The van der Waals surface area contributed by atoms with Crippen molar-refractivity contribution in [2.75, 3.05) is 26.3 Å². The fourth-order valence-corrected chi connectivity index (χ4v) is 3.63. The maximum atomic E-state index is 12.8. The first-order chi connectivity index (χ1) is 14.2. The fourth-order valence-electron chi connectivity index (χ4n) is 3.45. The van der Waals surface area contributed by atoms with Gasteiger partial charge in [0.15, 0.2) is 0 Å². The van der Waals surface area contributed by atoms with E-state index < -0.39 is 23.2 Å². The molecule has 1 atom stereocenters. The Morgan fingerprint density at radius 1 is 1.23 bits per heavy atom. The van der Waals surface area contributed by atoms with E-state index in [1.165, 1.54) is 12.1 Å². The number of primary amides is 1. The molecule has 0 aromatic heterocycles. The van der Waals surface area contributed by atoms with Crippen molar-refractivity contribution in [3.63, 3.8) is 0 Å². The molecular weight excluding hydrogens is 421 g/mol. The van der Waals surface area contributed by atoms with Crippen molar-refractivity contribution in [2.45, 2.75) is 24.7 Å². The van der Waals surface area contributed by atoms with E-state index in [1.807, 2.05) is 4.90 Å². The summed E-state index contributed by atoms with van der Waals surface area (Å²) in [6, 6.07) is 11.9. The van der Waals surface area contributed by atoms with E-state index in [1.54, 1.807) is 24.3 Å². The number of hydrogen-bond acceptors (Lipinski definition) is 4. The third-order valence-corrected chi connectivity index (χ3v) is 5.04. The lowest BCUT2D eigenvalue weighted by Gasteiger charge is -2.42. The number of amides is 1. The van der Waals surface area contributed by atoms with Gasteiger partial charge in [0.1, 0.15) is 18.0 Å². The van der Waals surface area contributed by atoms with Crippen LogP contribution < -0.4 is 10.5 Å². The van der Waals surface area contributed by atoms with Gasteiger partial charge in [-0.3, -0.25) is 9.69 Å². The molecule has 5 nitrogen and oxygen atoms in total. The highest BCUT2D eigenvalue weighted by Gasteiger charge is 2.39. The van der Waals surface area contributed by atoms with Gasteiger partial charge in [-0.15, -0.1) is 0 Å². The molecule has 2 N–H and O–H groups in total. The molecule has 2 aromatic carbocycles. The molecule has 9 heteroatoms. The van der Waals surface area contributed by atoms with Crippen molar-refractivity contribution in [1.29, 1.82) is 0 Å². The van der Waals surface area contributed by atoms with Gasteiger partial charge in [-0.1, -0.05) is 29.8 Å². The summed E-state index contributed by atoms with van der Waals surface area (Å²) in [6.45, 7) is 1.75. The number of halogens is 4. The number of benzene rings is 2. The lowest BCUT2D eigenvalue weighted by molar-refractivity contribution is -0.148. The van der Waals surface area contributed by atoms with Crippen LogP contribution in [0.2, 0.25) is 5.02 Å². The summed E-state index contributed by atoms with van der Waals surface area (Å²) in [6.07, 6.45) is -4.41. The number of carbonyl (C=O) groups excluding carboxylic acids is 1. The van der Waals surface area contributed by atoms with Crippen LogP contribution in [-0.2, 0) is 22.3 Å². The van der Waals surface area contributed by atoms with Crippen LogP contribution in [0.1, 0.15) is 17.5 Å². The Labute approximate surface area is 177 Å². The van der Waals surface area contributed by atoms with E-state index in [0.29, 0.717) is 37.0 Å². The molecule has 1 aliphatic rings. The Morgan fingerprint density at radius 2 is 1.97 bits per heavy atom. The van der Waals surface area contributed by atoms with Crippen LogP contribution in [0.25, 0.3) is 0 Å². The molecule has 0 radical (unpaired) electrons. The topological polar surface area (TPSA) is 64.8 Å². The highest BCUT2D eigenvalue weighted by Crippen LogP contribution is 2.30. The molecule has 0 aliphatic carbocycles. The minimum atomic E-state index is -4.37. The number of rotatable bonds is 7. The Kier molecular flexibility index (Phi) is 6.90. The van der Waals surface area contributed by atoms with Crippen LogP contribution in [0.5, 0.6) is 5.75 Å². The zero-order valence-electron chi connectivity index (χ0n) is 16.1. The third-order valence-electron chi connectivity index (χ3n) is 4.81. The summed E-state index contributed by atoms with van der Waals surface area (Å²) in [7, 11) is 0. The van der Waals surface area contributed by atoms with Crippen molar-refractivity contribution in [1.82, 2.24) is 4.90 Å². The first kappa shape index (κ1) is 22.4. The molecule has 0 bridgehead atoms. The van der Waals surface area contributed by atoms with Crippen LogP contribution >= 0.6 is 11.6 Å². The summed E-state index contributed by atoms with van der Waals surface area (Å²) >= 11 is 5.97. The molecule has 1 saturated heterocycles. The van der Waals surface area contributed by atoms with E-state index in [0.717, 1.165) is 17.7 Å². The second-order valence-electron chi connectivity index (χ2n) is 7.33. The maximum absolute atomic E-state index is 12.8. The van der Waals surface area contributed by atoms with Crippen molar-refractivity contribution in [3.8, 4) is 5.75 Å². The zero-order chi connectivity index (χ0) is 21.8. The predicted molar refractivity (Wildman–Crippen MR) is 106 cm³/mol. The molecule has 30 heavy (non-hydrogen) atoms. The second-order valence-corrected chi connectivity index (χ2v) is 7.76. The monoisotopic (exact) mass is 442 g/mol. The molecular formula is C21H22ClF3N2O3. The summed E-state index contributed by atoms with van der Waals surface area (Å²) in [5, 5.41) is 0.518. The Hall–Kier alpha value is -2.29. The van der Waals surface area contributed by atoms with E-state index >= 15 is 0 Å². The van der Waals surface area contributed by atoms with Crippen LogP contribution in [0.3, 0.4) is 0 Å². The maximum Gasteiger partial charge on any atom is 0.416 e. The second kappa shape index (κ2) is 9.24. The van der Waals surface area contributed by atoms with Gasteiger partial charge in [-0.05, 0) is 35.9 Å². The number of alkyl halides is 3. The highest BCUT2D eigenvalue weighted by atomic mass is 35.5. The number of nitrogens with two attached hydrogens (primary N) is 1. The molecule has 1 heterocycles. The Balaban J connectivity index is 1.69. The number of morpholine rings is 1. The van der Waals surface area contributed by atoms with Crippen LogP contribution in [0, 0.1) is 0 Å². The highest BCUT2D eigenvalue weighted by molar-refractivity contribution is 6.30. The van der Waals surface area contributed by atoms with Gasteiger partial charge in [0.2, 0.25) is 5.91 Å². The minimum absolute atomic E-state index is 0.0446. The lowest BCUT2D eigenvalue weighted by atomic mass is 9.97. The van der Waals surface area contributed by atoms with Gasteiger partial charge < -0.3 is 15.2 Å². The lowest BCUT2D eigenvalue weighted by Crippen LogP contribution is -2.56. The zero-order valence-corrected chi connectivity index (χ0v) is 16.9. The average molecular weight is 443 g/mol. The van der Waals surface area contributed by atoms with Crippen LogP contribution in [0.4, 0.5) is 13.2 Å². The Morgan fingerprint density at radius 3 is 2.60 bits per heavy atom. The largest absolute Gasteiger partial charge is 0.490 e. The third kappa shape index (κ3) is 6.10. The predicted octanol–water partition coefficient (Wildman–Crippen LogP) is 3.88. The summed E-state index contributed by atoms with van der Waals surface area (Å²) in [4.78, 5) is 13.7. The van der Waals surface area contributed by atoms with E-state index in [-0.39, 0.29) is 13.0 Å². The molecule has 3 rings (SSSR count). The first-order valence-corrected chi connectivity index (χ1v) is 9.72. The van der Waals surface area contributed by atoms with Gasteiger partial charge in [-0.25, -0.2) is 0 Å². The van der Waals surface area contributed by atoms with Crippen LogP contribution in [0.15, 0.2) is 48.5 Å². The van der Waals surface area contributed by atoms with Gasteiger partial charge >= 0.3 is 6.18 Å². The normalized spacial score (nSPS) is 20.1. The first-order valence-electron chi connectivity index (χ1n) is 9.34. The van der Waals surface area contributed by atoms with Crippen molar-refractivity contribution in [3.05, 3.63) is 64.7 Å². The van der Waals surface area contributed by atoms with Crippen molar-refractivity contribution in [2.24, 2.45) is 5.73 Å². The molecule has 162 valence electrons. The van der Waals surface area contributed by atoms with Gasteiger partial charge in [0, 0.05) is 24.7 Å². The number of carbonyl (C=O) groups is 1.